The van der Waals surface area contributed by atoms with Crippen LogP contribution in [0.5, 0.6) is 0 Å². The van der Waals surface area contributed by atoms with Crippen molar-refractivity contribution in [3.05, 3.63) is 42.7 Å². The zero-order valence-corrected chi connectivity index (χ0v) is 12.7. The molecule has 0 saturated carbocycles. The molecule has 2 unspecified atom stereocenters. The summed E-state index contributed by atoms with van der Waals surface area (Å²) < 4.78 is 1.51. The zero-order chi connectivity index (χ0) is 12.4. The largest absolute Gasteiger partial charge is 0.304 e. The third-order valence-corrected chi connectivity index (χ3v) is 4.91. The third-order valence-electron chi connectivity index (χ3n) is 2.69. The van der Waals surface area contributed by atoms with E-state index in [2.05, 4.69) is 36.0 Å². The van der Waals surface area contributed by atoms with Crippen molar-refractivity contribution in [1.29, 1.82) is 0 Å². The first-order valence-corrected chi connectivity index (χ1v) is 7.82. The lowest BCUT2D eigenvalue weighted by Crippen LogP contribution is -2.21. The molecule has 5 heteroatoms. The maximum atomic E-state index is 6.14. The monoisotopic (exact) mass is 305 g/mol. The molecule has 0 aliphatic carbocycles. The van der Waals surface area contributed by atoms with Gasteiger partial charge < -0.3 is 5.32 Å². The van der Waals surface area contributed by atoms with Crippen molar-refractivity contribution in [2.24, 2.45) is 0 Å². The Hall–Kier alpha value is -0.0600. The first kappa shape index (κ1) is 13.4. The lowest BCUT2D eigenvalue weighted by Gasteiger charge is -2.19. The number of nitrogens with one attached hydrogen (secondary N) is 1. The number of thiophene rings is 2. The van der Waals surface area contributed by atoms with E-state index >= 15 is 0 Å². The van der Waals surface area contributed by atoms with E-state index in [4.69, 9.17) is 23.2 Å². The summed E-state index contributed by atoms with van der Waals surface area (Å²) in [4.78, 5) is 0. The minimum Gasteiger partial charge on any atom is -0.304 e. The molecule has 0 aliphatic heterocycles. The summed E-state index contributed by atoms with van der Waals surface area (Å²) in [5.74, 6) is 0. The van der Waals surface area contributed by atoms with Gasteiger partial charge in [-0.3, -0.25) is 0 Å². The van der Waals surface area contributed by atoms with Gasteiger partial charge in [0.15, 0.2) is 0 Å². The van der Waals surface area contributed by atoms with Gasteiger partial charge in [-0.15, -0.1) is 11.3 Å². The molecule has 92 valence electrons. The molecular formula is C12H13Cl2NS2. The Bertz CT molecular complexity index is 479. The molecule has 0 aromatic carbocycles. The van der Waals surface area contributed by atoms with Crippen molar-refractivity contribution in [3.8, 4) is 0 Å². The molecule has 0 amide bonds. The average molecular weight is 306 g/mol. The van der Waals surface area contributed by atoms with Crippen molar-refractivity contribution in [3.63, 3.8) is 0 Å². The second-order valence-corrected chi connectivity index (χ2v) is 7.01. The van der Waals surface area contributed by atoms with Crippen molar-refractivity contribution >= 4 is 45.9 Å². The fraction of sp³-hybridized carbons (Fsp3) is 0.333. The summed E-state index contributed by atoms with van der Waals surface area (Å²) in [6.07, 6.45) is 0. The maximum absolute atomic E-state index is 6.14. The SMILES string of the molecule is CC(NC(C)c1cc(Cl)sc1Cl)c1ccsc1. The number of rotatable bonds is 4. The molecule has 2 heterocycles. The minimum atomic E-state index is 0.196. The summed E-state index contributed by atoms with van der Waals surface area (Å²) in [6.45, 7) is 4.26. The first-order chi connectivity index (χ1) is 8.08. The molecule has 0 aliphatic rings. The predicted octanol–water partition coefficient (Wildman–Crippen LogP) is 5.53. The van der Waals surface area contributed by atoms with Gasteiger partial charge in [-0.2, -0.15) is 11.3 Å². The first-order valence-electron chi connectivity index (χ1n) is 5.31. The highest BCUT2D eigenvalue weighted by atomic mass is 35.5. The molecule has 1 N–H and O–H groups in total. The van der Waals surface area contributed by atoms with E-state index in [9.17, 15) is 0 Å². The third kappa shape index (κ3) is 3.24. The van der Waals surface area contributed by atoms with Gasteiger partial charge in [0.25, 0.3) is 0 Å². The average Bonchev–Trinajstić information content (AvgIpc) is 2.87. The number of hydrogen-bond donors (Lipinski definition) is 1. The lowest BCUT2D eigenvalue weighted by atomic mass is 10.1. The van der Waals surface area contributed by atoms with Gasteiger partial charge in [-0.25, -0.2) is 0 Å². The maximum Gasteiger partial charge on any atom is 0.0991 e. The Balaban J connectivity index is 2.06. The summed E-state index contributed by atoms with van der Waals surface area (Å²) in [5, 5.41) is 7.77. The van der Waals surface area contributed by atoms with E-state index < -0.39 is 0 Å². The number of hydrogen-bond acceptors (Lipinski definition) is 3. The Morgan fingerprint density at radius 1 is 1.24 bits per heavy atom. The van der Waals surface area contributed by atoms with E-state index in [-0.39, 0.29) is 6.04 Å². The normalized spacial score (nSPS) is 14.8. The quantitative estimate of drug-likeness (QED) is 0.783. The van der Waals surface area contributed by atoms with Crippen molar-refractivity contribution in [1.82, 2.24) is 5.32 Å². The molecule has 2 atom stereocenters. The van der Waals surface area contributed by atoms with Crippen molar-refractivity contribution < 1.29 is 0 Å². The summed E-state index contributed by atoms with van der Waals surface area (Å²) in [5.41, 5.74) is 2.38. The van der Waals surface area contributed by atoms with Crippen LogP contribution in [0.3, 0.4) is 0 Å². The van der Waals surface area contributed by atoms with Crippen LogP contribution in [0.4, 0.5) is 0 Å². The van der Waals surface area contributed by atoms with Crippen LogP contribution in [0.15, 0.2) is 22.9 Å². The molecule has 0 saturated heterocycles. The van der Waals surface area contributed by atoms with E-state index in [0.29, 0.717) is 6.04 Å². The van der Waals surface area contributed by atoms with E-state index in [1.54, 1.807) is 11.3 Å². The fourth-order valence-corrected chi connectivity index (χ4v) is 4.13. The van der Waals surface area contributed by atoms with Crippen LogP contribution >= 0.6 is 45.9 Å². The molecule has 2 aromatic heterocycles. The highest BCUT2D eigenvalue weighted by molar-refractivity contribution is 7.20. The summed E-state index contributed by atoms with van der Waals surface area (Å²) >= 11 is 15.2. The van der Waals surface area contributed by atoms with Gasteiger partial charge in [0, 0.05) is 12.1 Å². The smallest absolute Gasteiger partial charge is 0.0991 e. The van der Waals surface area contributed by atoms with Crippen LogP contribution in [0.1, 0.15) is 37.1 Å². The molecule has 17 heavy (non-hydrogen) atoms. The van der Waals surface area contributed by atoms with Gasteiger partial charge in [0.1, 0.15) is 0 Å². The van der Waals surface area contributed by atoms with E-state index in [0.717, 1.165) is 14.2 Å². The molecule has 2 rings (SSSR count). The predicted molar refractivity (Wildman–Crippen MR) is 78.6 cm³/mol. The summed E-state index contributed by atoms with van der Waals surface area (Å²) in [6, 6.07) is 4.58. The molecule has 1 nitrogen and oxygen atoms in total. The molecule has 2 aromatic rings. The van der Waals surface area contributed by atoms with Gasteiger partial charge in [0.2, 0.25) is 0 Å². The Morgan fingerprint density at radius 2 is 2.00 bits per heavy atom. The van der Waals surface area contributed by atoms with Crippen molar-refractivity contribution in [2.45, 2.75) is 25.9 Å². The van der Waals surface area contributed by atoms with Crippen LogP contribution in [-0.4, -0.2) is 0 Å². The molecule has 0 spiro atoms. The van der Waals surface area contributed by atoms with Crippen LogP contribution < -0.4 is 5.32 Å². The van der Waals surface area contributed by atoms with Crippen molar-refractivity contribution in [2.75, 3.05) is 0 Å². The van der Waals surface area contributed by atoms with Crippen LogP contribution in [0, 0.1) is 0 Å². The molecule has 0 fully saturated rings. The fourth-order valence-electron chi connectivity index (χ4n) is 1.73. The Labute approximate surface area is 119 Å². The van der Waals surface area contributed by atoms with Crippen LogP contribution in [-0.2, 0) is 0 Å². The highest BCUT2D eigenvalue weighted by Crippen LogP contribution is 2.35. The molecular weight excluding hydrogens is 293 g/mol. The highest BCUT2D eigenvalue weighted by Gasteiger charge is 2.16. The second kappa shape index (κ2) is 5.72. The topological polar surface area (TPSA) is 12.0 Å². The number of halogens is 2. The Kier molecular flexibility index (Phi) is 4.50. The molecule has 0 radical (unpaired) electrons. The van der Waals surface area contributed by atoms with Crippen LogP contribution in [0.2, 0.25) is 8.67 Å². The van der Waals surface area contributed by atoms with Crippen LogP contribution in [0.25, 0.3) is 0 Å². The van der Waals surface area contributed by atoms with Gasteiger partial charge >= 0.3 is 0 Å². The van der Waals surface area contributed by atoms with Gasteiger partial charge in [0.05, 0.1) is 8.67 Å². The van der Waals surface area contributed by atoms with E-state index in [1.165, 1.54) is 16.9 Å². The standard InChI is InChI=1S/C12H13Cl2NS2/c1-7(9-3-4-16-6-9)15-8(2)10-5-11(13)17-12(10)14/h3-8,15H,1-2H3. The zero-order valence-electron chi connectivity index (χ0n) is 9.54. The lowest BCUT2D eigenvalue weighted by molar-refractivity contribution is 0.496. The van der Waals surface area contributed by atoms with Gasteiger partial charge in [-0.1, -0.05) is 23.2 Å². The molecule has 0 bridgehead atoms. The van der Waals surface area contributed by atoms with E-state index in [1.807, 2.05) is 6.07 Å². The second-order valence-electron chi connectivity index (χ2n) is 3.95. The Morgan fingerprint density at radius 3 is 2.53 bits per heavy atom. The summed E-state index contributed by atoms with van der Waals surface area (Å²) in [7, 11) is 0. The minimum absolute atomic E-state index is 0.196. The van der Waals surface area contributed by atoms with Gasteiger partial charge in [-0.05, 0) is 47.9 Å².